The summed E-state index contributed by atoms with van der Waals surface area (Å²) in [6.45, 7) is 59.9. The number of hydrogen-bond donors (Lipinski definition) is 0. The van der Waals surface area contributed by atoms with E-state index in [1.807, 2.05) is 111 Å². The third-order valence-corrected chi connectivity index (χ3v) is 79.3. The summed E-state index contributed by atoms with van der Waals surface area (Å²) in [5.41, 5.74) is 1.65. The van der Waals surface area contributed by atoms with Crippen LogP contribution >= 0.6 is 165 Å². The summed E-state index contributed by atoms with van der Waals surface area (Å²) in [5.74, 6) is 6.24. The van der Waals surface area contributed by atoms with E-state index in [9.17, 15) is 0 Å². The Hall–Kier alpha value is 5.47. The first kappa shape index (κ1) is 113. The SMILES string of the molecule is CCO[Si](OCC)(OCC)C1(SSSSC(CC(C)CCCC(C)CCCCC(C)CCCC(C)CCCC(C)C)=C(SSSSC2([Si](OCC)(OCC)OCC)CC3CCC2(CC)C3)C(C)=C(SSSSC2([Si](OCC)(OCC)OCC)CC3CCC2(CC)C3)SSSSC2([Si](OCC)(OCC)OCC)CC3CCC2(CC)C3)CC2CCC1(CC)C2. The summed E-state index contributed by atoms with van der Waals surface area (Å²) in [6.07, 6.45) is 41.9. The van der Waals surface area contributed by atoms with Gasteiger partial charge in [-0.1, -0.05) is 196 Å². The van der Waals surface area contributed by atoms with E-state index >= 15 is 0 Å². The van der Waals surface area contributed by atoms with E-state index in [-0.39, 0.29) is 39.1 Å². The Morgan fingerprint density at radius 2 is 0.525 bits per heavy atom. The predicted molar refractivity (Wildman–Crippen MR) is 569 cm³/mol. The van der Waals surface area contributed by atoms with Gasteiger partial charge in [-0.2, -0.15) is 0 Å². The van der Waals surface area contributed by atoms with Gasteiger partial charge in [0.05, 0.1) is 4.24 Å². The summed E-state index contributed by atoms with van der Waals surface area (Å²) in [4.78, 5) is 2.88. The fraction of sp³-hybridized carbons (Fsp3) is 0.956. The van der Waals surface area contributed by atoms with Crippen LogP contribution in [0.2, 0.25) is 0 Å². The smallest absolute Gasteiger partial charge is 0.373 e. The molecule has 8 bridgehead atoms. The Bertz CT molecular complexity index is 2940. The van der Waals surface area contributed by atoms with Crippen LogP contribution in [-0.2, 0) is 53.1 Å². The molecule has 0 amide bonds. The third-order valence-electron chi connectivity index (χ3n) is 29.9. The molecular formula is C90H170O12S16Si4. The average molecular weight is 2070 g/mol. The lowest BCUT2D eigenvalue weighted by molar-refractivity contribution is 0.0347. The summed E-state index contributed by atoms with van der Waals surface area (Å²) < 4.78 is 86.1. The fourth-order valence-electron chi connectivity index (χ4n) is 24.2. The standard InChI is InChI=1S/C90H170O12S16Si4/c1-24-83-57-53-76(62-83)66-87(83,119(91-28-5,92-29-6)93-30-7)107-115-111-103-80(61-74(22)52-44-51-72(20)47-41-40-46-71(19)49-43-50-73(21)48-42-45-70(17)18)81(104-112-116-108-88(67-77-54-58-84(88,25-2)63-77)120(94-31-8,95-32-9)96-33-10)75(23)82(105-113-117-109-89(68-78-55-59-85(89,26-3)64-78)121(97-34-11,98-35-12)99-36-13)106-114-118-110-90(69-79-56-60-86(90,27-4)65-79)122(100-37-14,101-38-15)102-39-16/h70-74,76-79H,24-69H2,1-23H3. The molecule has 32 heteroatoms. The number of rotatable bonds is 72. The van der Waals surface area contributed by atoms with Crippen molar-refractivity contribution in [1.82, 2.24) is 0 Å². The highest BCUT2D eigenvalue weighted by Crippen LogP contribution is 2.79. The molecular weight excluding hydrogens is 1900 g/mol. The molecule has 8 rings (SSSR count). The second kappa shape index (κ2) is 54.9. The van der Waals surface area contributed by atoms with Crippen LogP contribution in [0.1, 0.15) is 378 Å². The lowest BCUT2D eigenvalue weighted by atomic mass is 9.80. The lowest BCUT2D eigenvalue weighted by Gasteiger charge is -2.52. The van der Waals surface area contributed by atoms with E-state index < -0.39 is 35.2 Å². The van der Waals surface area contributed by atoms with E-state index in [4.69, 9.17) is 53.1 Å². The largest absolute Gasteiger partial charge is 0.519 e. The van der Waals surface area contributed by atoms with Gasteiger partial charge in [-0.3, -0.25) is 0 Å². The summed E-state index contributed by atoms with van der Waals surface area (Å²) in [7, 11) is 19.0. The van der Waals surface area contributed by atoms with Gasteiger partial charge < -0.3 is 53.1 Å². The van der Waals surface area contributed by atoms with Crippen LogP contribution in [-0.4, -0.2) is 132 Å². The van der Waals surface area contributed by atoms with Crippen LogP contribution in [0, 0.1) is 74.9 Å². The Balaban J connectivity index is 1.23. The molecule has 0 spiro atoms. The van der Waals surface area contributed by atoms with E-state index in [1.165, 1.54) is 180 Å². The van der Waals surface area contributed by atoms with Crippen LogP contribution in [0.5, 0.6) is 0 Å². The van der Waals surface area contributed by atoms with Crippen molar-refractivity contribution in [3.8, 4) is 0 Å². The molecule has 16 atom stereocenters. The van der Waals surface area contributed by atoms with Gasteiger partial charge in [-0.25, -0.2) is 0 Å². The van der Waals surface area contributed by atoms with Crippen molar-refractivity contribution in [2.24, 2.45) is 74.9 Å². The van der Waals surface area contributed by atoms with Gasteiger partial charge in [-0.15, -0.1) is 0 Å². The van der Waals surface area contributed by atoms with Crippen LogP contribution in [0.15, 0.2) is 19.6 Å². The Kier molecular flexibility index (Phi) is 50.7. The molecule has 8 aliphatic carbocycles. The maximum absolute atomic E-state index is 7.18. The van der Waals surface area contributed by atoms with Gasteiger partial charge >= 0.3 is 35.2 Å². The molecule has 0 aliphatic heterocycles. The van der Waals surface area contributed by atoms with Crippen molar-refractivity contribution in [2.75, 3.05) is 79.3 Å². The molecule has 714 valence electrons. The molecule has 0 saturated heterocycles. The molecule has 12 nitrogen and oxygen atoms in total. The van der Waals surface area contributed by atoms with Gasteiger partial charge in [0.25, 0.3) is 0 Å². The zero-order valence-corrected chi connectivity index (χ0v) is 97.2. The molecule has 8 fully saturated rings. The first-order chi connectivity index (χ1) is 58.8. The van der Waals surface area contributed by atoms with Crippen LogP contribution in [0.25, 0.3) is 0 Å². The highest BCUT2D eigenvalue weighted by molar-refractivity contribution is 9.30. The monoisotopic (exact) mass is 2070 g/mol. The van der Waals surface area contributed by atoms with Gasteiger partial charge in [-0.05, 0) is 427 Å². The highest BCUT2D eigenvalue weighted by Gasteiger charge is 2.80. The zero-order chi connectivity index (χ0) is 88.8. The first-order valence-electron chi connectivity index (χ1n) is 48.7. The summed E-state index contributed by atoms with van der Waals surface area (Å²) >= 11 is 0. The molecule has 0 heterocycles. The maximum atomic E-state index is 7.18. The van der Waals surface area contributed by atoms with Crippen molar-refractivity contribution in [2.45, 2.75) is 395 Å². The van der Waals surface area contributed by atoms with E-state index in [2.05, 4.69) is 213 Å². The maximum Gasteiger partial charge on any atom is 0.519 e. The molecule has 16 unspecified atom stereocenters. The predicted octanol–water partition coefficient (Wildman–Crippen LogP) is 34.5. The van der Waals surface area contributed by atoms with Gasteiger partial charge in [0.15, 0.2) is 0 Å². The normalized spacial score (nSPS) is 30.0. The van der Waals surface area contributed by atoms with E-state index in [0.29, 0.717) is 115 Å². The number of fused-ring (bicyclic) bond motifs is 8. The van der Waals surface area contributed by atoms with Crippen LogP contribution in [0.4, 0.5) is 0 Å². The molecule has 122 heavy (non-hydrogen) atoms. The molecule has 0 aromatic carbocycles. The Morgan fingerprint density at radius 3 is 0.770 bits per heavy atom. The van der Waals surface area contributed by atoms with Gasteiger partial charge in [0, 0.05) is 89.1 Å². The molecule has 8 aliphatic rings. The van der Waals surface area contributed by atoms with Crippen molar-refractivity contribution >= 4 is 200 Å². The minimum absolute atomic E-state index is 0.0661. The summed E-state index contributed by atoms with van der Waals surface area (Å²) in [6, 6.07) is 0. The Morgan fingerprint density at radius 1 is 0.287 bits per heavy atom. The van der Waals surface area contributed by atoms with Crippen molar-refractivity contribution in [3.63, 3.8) is 0 Å². The third kappa shape index (κ3) is 25.8. The number of allylic oxidation sites excluding steroid dienone is 2. The van der Waals surface area contributed by atoms with Crippen molar-refractivity contribution in [1.29, 1.82) is 0 Å². The lowest BCUT2D eigenvalue weighted by Crippen LogP contribution is -2.68. The first-order valence-corrected chi connectivity index (χ1v) is 74.8. The quantitative estimate of drug-likeness (QED) is 0.0249. The average Bonchev–Trinajstić information content (AvgIpc) is 1.55. The Labute approximate surface area is 813 Å². The minimum atomic E-state index is -3.30. The highest BCUT2D eigenvalue weighted by atomic mass is 33.7. The molecule has 0 aromatic heterocycles. The van der Waals surface area contributed by atoms with E-state index in [0.717, 1.165) is 75.5 Å². The number of hydrogen-bond acceptors (Lipinski definition) is 28. The molecule has 0 aromatic rings. The van der Waals surface area contributed by atoms with Gasteiger partial charge in [0.2, 0.25) is 0 Å². The van der Waals surface area contributed by atoms with E-state index in [1.54, 1.807) is 0 Å². The minimum Gasteiger partial charge on any atom is -0.373 e. The molecule has 0 radical (unpaired) electrons. The van der Waals surface area contributed by atoms with Crippen molar-refractivity contribution < 1.29 is 53.1 Å². The topological polar surface area (TPSA) is 111 Å². The fourth-order valence-corrected chi connectivity index (χ4v) is 81.4. The summed E-state index contributed by atoms with van der Waals surface area (Å²) in [5, 5.41) is 0. The number of unbranched alkanes of at least 4 members (excludes halogenated alkanes) is 1. The molecule has 0 N–H and O–H groups in total. The molecule has 8 saturated carbocycles. The van der Waals surface area contributed by atoms with Crippen LogP contribution in [0.3, 0.4) is 0 Å². The second-order valence-corrected chi connectivity index (χ2v) is 74.5. The van der Waals surface area contributed by atoms with Gasteiger partial charge in [0.1, 0.15) is 17.5 Å². The second-order valence-electron chi connectivity index (χ2n) is 37.5. The van der Waals surface area contributed by atoms with Crippen molar-refractivity contribution in [3.05, 3.63) is 19.6 Å². The zero-order valence-electron chi connectivity index (χ0n) is 80.2. The van der Waals surface area contributed by atoms with Crippen LogP contribution < -0.4 is 0 Å².